The fourth-order valence-corrected chi connectivity index (χ4v) is 2.01. The number of aryl methyl sites for hydroxylation is 1. The Labute approximate surface area is 84.3 Å². The largest absolute Gasteiger partial charge is 0.313 e. The van der Waals surface area contributed by atoms with Gasteiger partial charge < -0.3 is 5.32 Å². The van der Waals surface area contributed by atoms with Crippen LogP contribution >= 0.6 is 0 Å². The molecule has 2 heteroatoms. The highest BCUT2D eigenvalue weighted by Crippen LogP contribution is 2.26. The molecule has 0 aromatic heterocycles. The van der Waals surface area contributed by atoms with E-state index in [0.717, 1.165) is 12.1 Å². The van der Waals surface area contributed by atoms with Crippen molar-refractivity contribution in [3.05, 3.63) is 35.4 Å². The zero-order valence-corrected chi connectivity index (χ0v) is 8.52. The van der Waals surface area contributed by atoms with Crippen molar-refractivity contribution in [2.75, 3.05) is 13.1 Å². The second kappa shape index (κ2) is 3.70. The molecule has 1 aromatic carbocycles. The molecule has 76 valence electrons. The van der Waals surface area contributed by atoms with E-state index in [-0.39, 0.29) is 0 Å². The van der Waals surface area contributed by atoms with Crippen molar-refractivity contribution in [2.24, 2.45) is 0 Å². The van der Waals surface area contributed by atoms with Crippen molar-refractivity contribution < 1.29 is 4.39 Å². The molecule has 1 aromatic rings. The van der Waals surface area contributed by atoms with E-state index in [0.29, 0.717) is 19.4 Å². The lowest BCUT2D eigenvalue weighted by molar-refractivity contribution is 0.190. The minimum absolute atomic E-state index is 0.501. The van der Waals surface area contributed by atoms with Gasteiger partial charge in [-0.1, -0.05) is 24.3 Å². The average Bonchev–Trinajstić information content (AvgIpc) is 2.57. The molecule has 0 spiro atoms. The fraction of sp³-hybridized carbons (Fsp3) is 0.500. The van der Waals surface area contributed by atoms with Crippen molar-refractivity contribution in [3.8, 4) is 0 Å². The highest BCUT2D eigenvalue weighted by atomic mass is 19.1. The van der Waals surface area contributed by atoms with Gasteiger partial charge in [-0.3, -0.25) is 0 Å². The molecule has 0 saturated carbocycles. The Kier molecular flexibility index (Phi) is 2.55. The van der Waals surface area contributed by atoms with Gasteiger partial charge in [-0.25, -0.2) is 4.39 Å². The van der Waals surface area contributed by atoms with Crippen LogP contribution in [0.4, 0.5) is 4.39 Å². The van der Waals surface area contributed by atoms with Crippen LogP contribution < -0.4 is 5.32 Å². The van der Waals surface area contributed by atoms with Crippen LogP contribution in [0.15, 0.2) is 24.3 Å². The third kappa shape index (κ3) is 1.95. The minimum Gasteiger partial charge on any atom is -0.313 e. The number of rotatable bonds is 2. The Morgan fingerprint density at radius 1 is 1.43 bits per heavy atom. The predicted octanol–water partition coefficient (Wildman–Crippen LogP) is 2.24. The number of hydrogen-bond donors (Lipinski definition) is 1. The third-order valence-electron chi connectivity index (χ3n) is 2.96. The van der Waals surface area contributed by atoms with Crippen molar-refractivity contribution in [1.29, 1.82) is 0 Å². The van der Waals surface area contributed by atoms with Crippen LogP contribution in [0.1, 0.15) is 17.5 Å². The van der Waals surface area contributed by atoms with Gasteiger partial charge in [0.1, 0.15) is 5.67 Å². The fourth-order valence-electron chi connectivity index (χ4n) is 2.01. The second-order valence-corrected chi connectivity index (χ2v) is 4.18. The summed E-state index contributed by atoms with van der Waals surface area (Å²) in [5, 5.41) is 3.08. The topological polar surface area (TPSA) is 12.0 Å². The van der Waals surface area contributed by atoms with Crippen molar-refractivity contribution in [2.45, 2.75) is 25.4 Å². The van der Waals surface area contributed by atoms with Crippen LogP contribution in [0.3, 0.4) is 0 Å². The number of halogens is 1. The van der Waals surface area contributed by atoms with Gasteiger partial charge in [0.2, 0.25) is 0 Å². The lowest BCUT2D eigenvalue weighted by Gasteiger charge is -2.19. The Balaban J connectivity index is 2.14. The molecule has 1 fully saturated rings. The standard InChI is InChI=1S/C12H16FN/c1-10-4-2-3-5-11(10)8-12(13)6-7-14-9-12/h2-5,14H,6-9H2,1H3. The molecule has 0 aliphatic carbocycles. The summed E-state index contributed by atoms with van der Waals surface area (Å²) < 4.78 is 14.1. The summed E-state index contributed by atoms with van der Waals surface area (Å²) in [7, 11) is 0. The van der Waals surface area contributed by atoms with Gasteiger partial charge in [-0.15, -0.1) is 0 Å². The lowest BCUT2D eigenvalue weighted by Crippen LogP contribution is -2.28. The van der Waals surface area contributed by atoms with Crippen LogP contribution in [-0.4, -0.2) is 18.8 Å². The van der Waals surface area contributed by atoms with Gasteiger partial charge in [0.15, 0.2) is 0 Å². The molecule has 0 radical (unpaired) electrons. The molecule has 1 N–H and O–H groups in total. The highest BCUT2D eigenvalue weighted by molar-refractivity contribution is 5.27. The number of benzene rings is 1. The van der Waals surface area contributed by atoms with Crippen LogP contribution in [0, 0.1) is 6.92 Å². The van der Waals surface area contributed by atoms with Crippen LogP contribution in [0.25, 0.3) is 0 Å². The monoisotopic (exact) mass is 193 g/mol. The molecule has 14 heavy (non-hydrogen) atoms. The van der Waals surface area contributed by atoms with Crippen LogP contribution in [0.5, 0.6) is 0 Å². The molecular formula is C12H16FN. The summed E-state index contributed by atoms with van der Waals surface area (Å²) in [4.78, 5) is 0. The first-order valence-electron chi connectivity index (χ1n) is 5.14. The number of alkyl halides is 1. The van der Waals surface area contributed by atoms with Crippen LogP contribution in [0.2, 0.25) is 0 Å². The lowest BCUT2D eigenvalue weighted by atomic mass is 9.93. The first-order chi connectivity index (χ1) is 6.70. The number of hydrogen-bond acceptors (Lipinski definition) is 1. The molecule has 1 nitrogen and oxygen atoms in total. The molecule has 0 amide bonds. The predicted molar refractivity (Wildman–Crippen MR) is 56.2 cm³/mol. The Morgan fingerprint density at radius 3 is 2.86 bits per heavy atom. The van der Waals surface area contributed by atoms with Gasteiger partial charge >= 0.3 is 0 Å². The van der Waals surface area contributed by atoms with E-state index >= 15 is 0 Å². The Hall–Kier alpha value is -0.890. The maximum Gasteiger partial charge on any atom is 0.128 e. The average molecular weight is 193 g/mol. The van der Waals surface area contributed by atoms with Gasteiger partial charge in [0, 0.05) is 13.0 Å². The smallest absolute Gasteiger partial charge is 0.128 e. The van der Waals surface area contributed by atoms with Crippen molar-refractivity contribution in [1.82, 2.24) is 5.32 Å². The highest BCUT2D eigenvalue weighted by Gasteiger charge is 2.33. The maximum absolute atomic E-state index is 14.1. The maximum atomic E-state index is 14.1. The normalized spacial score (nSPS) is 26.7. The summed E-state index contributed by atoms with van der Waals surface area (Å²) in [6, 6.07) is 8.04. The van der Waals surface area contributed by atoms with E-state index < -0.39 is 5.67 Å². The van der Waals surface area contributed by atoms with Gasteiger partial charge in [0.05, 0.1) is 0 Å². The zero-order chi connectivity index (χ0) is 10.0. The summed E-state index contributed by atoms with van der Waals surface area (Å²) in [6.45, 7) is 3.35. The molecular weight excluding hydrogens is 177 g/mol. The van der Waals surface area contributed by atoms with E-state index in [2.05, 4.69) is 5.32 Å². The molecule has 1 saturated heterocycles. The summed E-state index contributed by atoms with van der Waals surface area (Å²) >= 11 is 0. The first-order valence-corrected chi connectivity index (χ1v) is 5.14. The quantitative estimate of drug-likeness (QED) is 0.759. The second-order valence-electron chi connectivity index (χ2n) is 4.18. The van der Waals surface area contributed by atoms with Gasteiger partial charge in [0.25, 0.3) is 0 Å². The summed E-state index contributed by atoms with van der Waals surface area (Å²) in [5.74, 6) is 0. The third-order valence-corrected chi connectivity index (χ3v) is 2.96. The van der Waals surface area contributed by atoms with E-state index in [1.165, 1.54) is 5.56 Å². The zero-order valence-electron chi connectivity index (χ0n) is 8.52. The molecule has 1 atom stereocenters. The molecule has 2 rings (SSSR count). The number of nitrogens with one attached hydrogen (secondary N) is 1. The summed E-state index contributed by atoms with van der Waals surface area (Å²) in [6.07, 6.45) is 1.19. The SMILES string of the molecule is Cc1ccccc1CC1(F)CCNC1. The molecule has 1 aliphatic rings. The van der Waals surface area contributed by atoms with E-state index in [1.54, 1.807) is 0 Å². The van der Waals surface area contributed by atoms with E-state index in [9.17, 15) is 4.39 Å². The van der Waals surface area contributed by atoms with E-state index in [1.807, 2.05) is 31.2 Å². The minimum atomic E-state index is -1.02. The summed E-state index contributed by atoms with van der Waals surface area (Å²) in [5.41, 5.74) is 1.31. The molecule has 1 heterocycles. The Morgan fingerprint density at radius 2 is 2.21 bits per heavy atom. The van der Waals surface area contributed by atoms with Gasteiger partial charge in [-0.2, -0.15) is 0 Å². The van der Waals surface area contributed by atoms with Crippen molar-refractivity contribution >= 4 is 0 Å². The van der Waals surface area contributed by atoms with Crippen LogP contribution in [-0.2, 0) is 6.42 Å². The van der Waals surface area contributed by atoms with E-state index in [4.69, 9.17) is 0 Å². The van der Waals surface area contributed by atoms with Gasteiger partial charge in [-0.05, 0) is 31.0 Å². The molecule has 1 unspecified atom stereocenters. The molecule has 1 aliphatic heterocycles. The van der Waals surface area contributed by atoms with Crippen molar-refractivity contribution in [3.63, 3.8) is 0 Å². The Bertz CT molecular complexity index is 316. The first kappa shape index (κ1) is 9.66. The molecule has 0 bridgehead atoms.